The summed E-state index contributed by atoms with van der Waals surface area (Å²) in [4.78, 5) is 0. The molecule has 0 saturated heterocycles. The number of hydrogen-bond acceptors (Lipinski definition) is 0. The summed E-state index contributed by atoms with van der Waals surface area (Å²) >= 11 is -0.826. The van der Waals surface area contributed by atoms with E-state index in [4.69, 9.17) is 17.0 Å². The van der Waals surface area contributed by atoms with Crippen molar-refractivity contribution >= 4 is 17.0 Å². The second kappa shape index (κ2) is 6.40. The molecule has 0 aliphatic heterocycles. The zero-order valence-electron chi connectivity index (χ0n) is 7.70. The molecule has 0 unspecified atom stereocenters. The SMILES string of the molecule is CC(C)(C)C1=CC=CC1.[Cl][Zr][Cl]. The maximum atomic E-state index is 4.93. The van der Waals surface area contributed by atoms with Crippen molar-refractivity contribution in [3.05, 3.63) is 23.8 Å². The van der Waals surface area contributed by atoms with Crippen LogP contribution in [0.3, 0.4) is 0 Å². The van der Waals surface area contributed by atoms with Gasteiger partial charge >= 0.3 is 37.9 Å². The molecule has 0 nitrogen and oxygen atoms in total. The molecule has 0 saturated carbocycles. The molecule has 0 heterocycles. The summed E-state index contributed by atoms with van der Waals surface area (Å²) in [6, 6.07) is 0. The van der Waals surface area contributed by atoms with Gasteiger partial charge in [0.25, 0.3) is 0 Å². The van der Waals surface area contributed by atoms with Gasteiger partial charge in [-0.05, 0) is 11.8 Å². The number of rotatable bonds is 0. The predicted octanol–water partition coefficient (Wildman–Crippen LogP) is 4.30. The molecule has 0 bridgehead atoms. The minimum absolute atomic E-state index is 0.378. The van der Waals surface area contributed by atoms with E-state index >= 15 is 0 Å². The average Bonchev–Trinajstić information content (AvgIpc) is 2.36. The van der Waals surface area contributed by atoms with E-state index in [-0.39, 0.29) is 0 Å². The van der Waals surface area contributed by atoms with Gasteiger partial charge in [-0.25, -0.2) is 0 Å². The Bertz CT molecular complexity index is 177. The molecule has 1 aliphatic rings. The van der Waals surface area contributed by atoms with E-state index in [1.54, 1.807) is 5.57 Å². The average molecular weight is 284 g/mol. The normalized spacial score (nSPS) is 14.9. The van der Waals surface area contributed by atoms with E-state index in [9.17, 15) is 0 Å². The molecule has 0 aromatic heterocycles. The van der Waals surface area contributed by atoms with Gasteiger partial charge in [0.2, 0.25) is 0 Å². The molecule has 0 N–H and O–H groups in total. The van der Waals surface area contributed by atoms with E-state index in [1.165, 1.54) is 0 Å². The van der Waals surface area contributed by atoms with Crippen LogP contribution in [0, 0.1) is 5.41 Å². The van der Waals surface area contributed by atoms with Crippen LogP contribution >= 0.6 is 17.0 Å². The van der Waals surface area contributed by atoms with Crippen LogP contribution < -0.4 is 0 Å². The van der Waals surface area contributed by atoms with Gasteiger partial charge in [-0.1, -0.05) is 44.6 Å². The van der Waals surface area contributed by atoms with Crippen molar-refractivity contribution in [2.75, 3.05) is 0 Å². The van der Waals surface area contributed by atoms with Gasteiger partial charge in [0, 0.05) is 0 Å². The van der Waals surface area contributed by atoms with Crippen molar-refractivity contribution in [1.29, 1.82) is 0 Å². The molecule has 0 fully saturated rings. The van der Waals surface area contributed by atoms with E-state index < -0.39 is 20.8 Å². The van der Waals surface area contributed by atoms with Crippen molar-refractivity contribution in [2.24, 2.45) is 5.41 Å². The Morgan fingerprint density at radius 2 is 1.83 bits per heavy atom. The van der Waals surface area contributed by atoms with Crippen LogP contribution in [0.5, 0.6) is 0 Å². The van der Waals surface area contributed by atoms with Crippen molar-refractivity contribution < 1.29 is 20.8 Å². The monoisotopic (exact) mass is 282 g/mol. The van der Waals surface area contributed by atoms with E-state index in [1.807, 2.05) is 0 Å². The van der Waals surface area contributed by atoms with Gasteiger partial charge in [-0.15, -0.1) is 0 Å². The van der Waals surface area contributed by atoms with Gasteiger partial charge in [0.15, 0.2) is 0 Å². The molecule has 0 aromatic rings. The molecular weight excluding hydrogens is 270 g/mol. The Morgan fingerprint density at radius 3 is 2.00 bits per heavy atom. The zero-order chi connectivity index (χ0) is 9.61. The predicted molar refractivity (Wildman–Crippen MR) is 53.0 cm³/mol. The first kappa shape index (κ1) is 12.9. The number of hydrogen-bond donors (Lipinski definition) is 0. The minimum atomic E-state index is -0.826. The first-order valence-corrected chi connectivity index (χ1v) is 10.2. The molecule has 0 radical (unpaired) electrons. The first-order chi connectivity index (χ1) is 5.52. The zero-order valence-corrected chi connectivity index (χ0v) is 11.7. The van der Waals surface area contributed by atoms with Gasteiger partial charge in [-0.3, -0.25) is 0 Å². The standard InChI is InChI=1S/C9H14.2ClH.Zr/c1-9(2,3)8-6-4-5-7-8;;;/h4-6H,7H2,1-3H3;2*1H;/q;;;+2/p-2. The molecule has 1 rings (SSSR count). The van der Waals surface area contributed by atoms with Gasteiger partial charge in [0.1, 0.15) is 0 Å². The second-order valence-electron chi connectivity index (χ2n) is 3.65. The third-order valence-electron chi connectivity index (χ3n) is 1.73. The Morgan fingerprint density at radius 1 is 1.33 bits per heavy atom. The second-order valence-corrected chi connectivity index (χ2v) is 7.38. The van der Waals surface area contributed by atoms with Crippen molar-refractivity contribution in [3.63, 3.8) is 0 Å². The van der Waals surface area contributed by atoms with Crippen LogP contribution in [0.4, 0.5) is 0 Å². The Balaban J connectivity index is 0.000000354. The molecule has 3 heteroatoms. The topological polar surface area (TPSA) is 0 Å². The van der Waals surface area contributed by atoms with Crippen molar-refractivity contribution in [2.45, 2.75) is 27.2 Å². The van der Waals surface area contributed by atoms with Crippen LogP contribution in [0.1, 0.15) is 27.2 Å². The number of allylic oxidation sites excluding steroid dienone is 4. The number of halogens is 2. The molecule has 0 aromatic carbocycles. The Labute approximate surface area is 93.7 Å². The van der Waals surface area contributed by atoms with E-state index in [2.05, 4.69) is 39.0 Å². The van der Waals surface area contributed by atoms with E-state index in [0.717, 1.165) is 6.42 Å². The summed E-state index contributed by atoms with van der Waals surface area (Å²) in [6.45, 7) is 6.77. The van der Waals surface area contributed by atoms with Crippen LogP contribution in [-0.2, 0) is 20.8 Å². The quantitative estimate of drug-likeness (QED) is 0.622. The summed E-state index contributed by atoms with van der Waals surface area (Å²) in [5, 5.41) is 0. The van der Waals surface area contributed by atoms with Crippen LogP contribution in [-0.4, -0.2) is 0 Å². The fourth-order valence-electron chi connectivity index (χ4n) is 1.00. The fourth-order valence-corrected chi connectivity index (χ4v) is 1.00. The molecule has 0 atom stereocenters. The van der Waals surface area contributed by atoms with Gasteiger partial charge < -0.3 is 0 Å². The Hall–Kier alpha value is 0.943. The first-order valence-electron chi connectivity index (χ1n) is 3.85. The maximum absolute atomic E-state index is 4.93. The van der Waals surface area contributed by atoms with Gasteiger partial charge in [0.05, 0.1) is 0 Å². The van der Waals surface area contributed by atoms with Crippen LogP contribution in [0.15, 0.2) is 23.8 Å². The van der Waals surface area contributed by atoms with E-state index in [0.29, 0.717) is 5.41 Å². The summed E-state index contributed by atoms with van der Waals surface area (Å²) in [6.07, 6.45) is 7.73. The third kappa shape index (κ3) is 5.57. The third-order valence-corrected chi connectivity index (χ3v) is 1.73. The summed E-state index contributed by atoms with van der Waals surface area (Å²) in [5.74, 6) is 0. The summed E-state index contributed by atoms with van der Waals surface area (Å²) < 4.78 is 0. The summed E-state index contributed by atoms with van der Waals surface area (Å²) in [7, 11) is 9.87. The van der Waals surface area contributed by atoms with Crippen LogP contribution in [0.2, 0.25) is 0 Å². The fraction of sp³-hybridized carbons (Fsp3) is 0.556. The molecule has 0 spiro atoms. The summed E-state index contributed by atoms with van der Waals surface area (Å²) in [5.41, 5.74) is 1.92. The molecule has 1 aliphatic carbocycles. The van der Waals surface area contributed by atoms with Gasteiger partial charge in [-0.2, -0.15) is 0 Å². The van der Waals surface area contributed by atoms with Crippen molar-refractivity contribution in [3.8, 4) is 0 Å². The van der Waals surface area contributed by atoms with Crippen LogP contribution in [0.25, 0.3) is 0 Å². The Kier molecular flexibility index (Phi) is 6.91. The molecular formula is C9H14Cl2Zr. The van der Waals surface area contributed by atoms with Crippen molar-refractivity contribution in [1.82, 2.24) is 0 Å². The molecule has 12 heavy (non-hydrogen) atoms. The molecule has 68 valence electrons. The molecule has 0 amide bonds.